The Hall–Kier alpha value is -1.79. The van der Waals surface area contributed by atoms with E-state index in [0.717, 1.165) is 5.69 Å². The maximum Gasteiger partial charge on any atom is 0.307 e. The molecule has 2 rings (SSSR count). The molecule has 7 heteroatoms. The van der Waals surface area contributed by atoms with Crippen LogP contribution in [0.2, 0.25) is 5.02 Å². The zero-order valence-corrected chi connectivity index (χ0v) is 14.0. The van der Waals surface area contributed by atoms with E-state index < -0.39 is 0 Å². The second-order valence-electron chi connectivity index (χ2n) is 4.79. The van der Waals surface area contributed by atoms with E-state index in [0.29, 0.717) is 35.8 Å². The Bertz CT molecular complexity index is 724. The van der Waals surface area contributed by atoms with Crippen LogP contribution < -0.4 is 14.9 Å². The predicted octanol–water partition coefficient (Wildman–Crippen LogP) is 3.30. The monoisotopic (exact) mass is 340 g/mol. The van der Waals surface area contributed by atoms with Crippen molar-refractivity contribution in [2.45, 2.75) is 26.3 Å². The molecule has 0 aliphatic heterocycles. The molecule has 5 nitrogen and oxygen atoms in total. The molecule has 0 saturated heterocycles. The summed E-state index contributed by atoms with van der Waals surface area (Å²) in [5.74, 6) is 0.421. The van der Waals surface area contributed by atoms with Crippen LogP contribution in [0.25, 0.3) is 0 Å². The molecular formula is C15H17ClN2O3S. The fourth-order valence-electron chi connectivity index (χ4n) is 2.06. The number of nitrogens with zero attached hydrogens (tertiary/aromatic N) is 1. The summed E-state index contributed by atoms with van der Waals surface area (Å²) in [5, 5.41) is 5.12. The number of aromatic nitrogens is 1. The second kappa shape index (κ2) is 7.47. The molecule has 118 valence electrons. The lowest BCUT2D eigenvalue weighted by atomic mass is 10.2. The van der Waals surface area contributed by atoms with Crippen molar-refractivity contribution < 1.29 is 9.53 Å². The topological polar surface area (TPSA) is 60.3 Å². The standard InChI is InChI=1S/C15H17ClN2O3S/c1-10-9-22-15(20)18(10)7-3-4-14(19)17-12-8-11(16)5-6-13(12)21-2/h5-6,8-9H,3-4,7H2,1-2H3,(H,17,19). The molecule has 1 aromatic carbocycles. The fourth-order valence-corrected chi connectivity index (χ4v) is 3.00. The number of carbonyl (C=O) groups excluding carboxylic acids is 1. The summed E-state index contributed by atoms with van der Waals surface area (Å²) < 4.78 is 6.86. The highest BCUT2D eigenvalue weighted by Crippen LogP contribution is 2.27. The Morgan fingerprint density at radius 3 is 2.86 bits per heavy atom. The number of nitrogens with one attached hydrogen (secondary N) is 1. The van der Waals surface area contributed by atoms with E-state index in [-0.39, 0.29) is 10.8 Å². The summed E-state index contributed by atoms with van der Waals surface area (Å²) in [7, 11) is 1.53. The quantitative estimate of drug-likeness (QED) is 0.877. The second-order valence-corrected chi connectivity index (χ2v) is 6.05. The maximum atomic E-state index is 12.0. The summed E-state index contributed by atoms with van der Waals surface area (Å²) in [6, 6.07) is 5.04. The number of thiazole rings is 1. The fraction of sp³-hybridized carbons (Fsp3) is 0.333. The van der Waals surface area contributed by atoms with Gasteiger partial charge in [0.1, 0.15) is 5.75 Å². The van der Waals surface area contributed by atoms with Gasteiger partial charge in [0, 0.05) is 29.1 Å². The third kappa shape index (κ3) is 4.11. The van der Waals surface area contributed by atoms with Gasteiger partial charge < -0.3 is 14.6 Å². The van der Waals surface area contributed by atoms with Gasteiger partial charge in [-0.15, -0.1) is 0 Å². The number of benzene rings is 1. The molecule has 1 N–H and O–H groups in total. The smallest absolute Gasteiger partial charge is 0.307 e. The average Bonchev–Trinajstić information content (AvgIpc) is 2.79. The lowest BCUT2D eigenvalue weighted by molar-refractivity contribution is -0.116. The molecule has 0 aliphatic rings. The Morgan fingerprint density at radius 1 is 1.45 bits per heavy atom. The first kappa shape index (κ1) is 16.6. The van der Waals surface area contributed by atoms with Crippen LogP contribution in [0.3, 0.4) is 0 Å². The molecule has 0 aliphatic carbocycles. The van der Waals surface area contributed by atoms with Gasteiger partial charge in [-0.1, -0.05) is 22.9 Å². The molecule has 22 heavy (non-hydrogen) atoms. The Morgan fingerprint density at radius 2 is 2.23 bits per heavy atom. The van der Waals surface area contributed by atoms with Crippen LogP contribution in [0.15, 0.2) is 28.4 Å². The minimum absolute atomic E-state index is 0.00872. The predicted molar refractivity (Wildman–Crippen MR) is 89.2 cm³/mol. The van der Waals surface area contributed by atoms with Crippen molar-refractivity contribution in [1.82, 2.24) is 4.57 Å². The summed E-state index contributed by atoms with van der Waals surface area (Å²) in [4.78, 5) is 23.6. The van der Waals surface area contributed by atoms with Crippen molar-refractivity contribution in [2.24, 2.45) is 0 Å². The summed E-state index contributed by atoms with van der Waals surface area (Å²) >= 11 is 7.09. The zero-order valence-electron chi connectivity index (χ0n) is 12.4. The number of rotatable bonds is 6. The number of anilines is 1. The van der Waals surface area contributed by atoms with E-state index in [1.165, 1.54) is 18.4 Å². The van der Waals surface area contributed by atoms with Crippen molar-refractivity contribution in [1.29, 1.82) is 0 Å². The number of methoxy groups -OCH3 is 1. The molecule has 0 atom stereocenters. The van der Waals surface area contributed by atoms with E-state index >= 15 is 0 Å². The van der Waals surface area contributed by atoms with E-state index in [2.05, 4.69) is 5.32 Å². The number of ether oxygens (including phenoxy) is 1. The first-order chi connectivity index (χ1) is 10.5. The molecule has 0 bridgehead atoms. The number of carbonyl (C=O) groups is 1. The van der Waals surface area contributed by atoms with E-state index in [1.54, 1.807) is 22.8 Å². The van der Waals surface area contributed by atoms with Gasteiger partial charge in [0.2, 0.25) is 5.91 Å². The number of hydrogen-bond donors (Lipinski definition) is 1. The Labute approximate surface area is 137 Å². The summed E-state index contributed by atoms with van der Waals surface area (Å²) in [5.41, 5.74) is 1.47. The van der Waals surface area contributed by atoms with Crippen LogP contribution in [-0.4, -0.2) is 17.6 Å². The highest BCUT2D eigenvalue weighted by Gasteiger charge is 2.09. The van der Waals surface area contributed by atoms with Crippen LogP contribution in [0.4, 0.5) is 5.69 Å². The Balaban J connectivity index is 1.91. The van der Waals surface area contributed by atoms with Crippen molar-refractivity contribution in [2.75, 3.05) is 12.4 Å². The Kier molecular flexibility index (Phi) is 5.63. The van der Waals surface area contributed by atoms with Gasteiger partial charge in [0.15, 0.2) is 0 Å². The molecule has 0 fully saturated rings. The molecular weight excluding hydrogens is 324 g/mol. The molecule has 1 amide bonds. The van der Waals surface area contributed by atoms with Crippen LogP contribution in [-0.2, 0) is 11.3 Å². The van der Waals surface area contributed by atoms with E-state index in [4.69, 9.17) is 16.3 Å². The normalized spacial score (nSPS) is 10.5. The number of halogens is 1. The van der Waals surface area contributed by atoms with Crippen LogP contribution >= 0.6 is 22.9 Å². The van der Waals surface area contributed by atoms with Gasteiger partial charge in [-0.3, -0.25) is 9.59 Å². The number of amides is 1. The first-order valence-electron chi connectivity index (χ1n) is 6.79. The summed E-state index contributed by atoms with van der Waals surface area (Å²) in [6.07, 6.45) is 0.906. The molecule has 0 saturated carbocycles. The summed E-state index contributed by atoms with van der Waals surface area (Å²) in [6.45, 7) is 2.42. The molecule has 1 heterocycles. The van der Waals surface area contributed by atoms with Crippen molar-refractivity contribution in [3.63, 3.8) is 0 Å². The minimum Gasteiger partial charge on any atom is -0.495 e. The van der Waals surface area contributed by atoms with Gasteiger partial charge in [-0.05, 0) is 31.5 Å². The van der Waals surface area contributed by atoms with Gasteiger partial charge in [-0.2, -0.15) is 0 Å². The van der Waals surface area contributed by atoms with Crippen LogP contribution in [0, 0.1) is 6.92 Å². The van der Waals surface area contributed by atoms with Crippen molar-refractivity contribution in [3.8, 4) is 5.75 Å². The van der Waals surface area contributed by atoms with Crippen molar-refractivity contribution in [3.05, 3.63) is 44.0 Å². The van der Waals surface area contributed by atoms with Gasteiger partial charge in [-0.25, -0.2) is 0 Å². The average molecular weight is 341 g/mol. The van der Waals surface area contributed by atoms with Gasteiger partial charge in [0.05, 0.1) is 12.8 Å². The third-order valence-corrected chi connectivity index (χ3v) is 4.31. The minimum atomic E-state index is -0.138. The SMILES string of the molecule is COc1ccc(Cl)cc1NC(=O)CCCn1c(C)csc1=O. The van der Waals surface area contributed by atoms with Crippen molar-refractivity contribution >= 4 is 34.5 Å². The molecule has 2 aromatic rings. The van der Waals surface area contributed by atoms with Gasteiger partial charge >= 0.3 is 4.87 Å². The van der Waals surface area contributed by atoms with Crippen LogP contribution in [0.1, 0.15) is 18.5 Å². The molecule has 0 radical (unpaired) electrons. The third-order valence-electron chi connectivity index (χ3n) is 3.20. The maximum absolute atomic E-state index is 12.0. The first-order valence-corrected chi connectivity index (χ1v) is 8.05. The van der Waals surface area contributed by atoms with Gasteiger partial charge in [0.25, 0.3) is 0 Å². The van der Waals surface area contributed by atoms with E-state index in [1.807, 2.05) is 12.3 Å². The lowest BCUT2D eigenvalue weighted by Crippen LogP contribution is -2.17. The zero-order chi connectivity index (χ0) is 16.1. The van der Waals surface area contributed by atoms with Crippen LogP contribution in [0.5, 0.6) is 5.75 Å². The highest BCUT2D eigenvalue weighted by atomic mass is 35.5. The number of aryl methyl sites for hydroxylation is 1. The molecule has 0 unspecified atom stereocenters. The molecule has 1 aromatic heterocycles. The highest BCUT2D eigenvalue weighted by molar-refractivity contribution is 7.07. The number of hydrogen-bond acceptors (Lipinski definition) is 4. The largest absolute Gasteiger partial charge is 0.495 e. The van der Waals surface area contributed by atoms with E-state index in [9.17, 15) is 9.59 Å². The molecule has 0 spiro atoms. The lowest BCUT2D eigenvalue weighted by Gasteiger charge is -2.10.